The van der Waals surface area contributed by atoms with Gasteiger partial charge in [0, 0.05) is 11.1 Å². The van der Waals surface area contributed by atoms with Crippen molar-refractivity contribution in [1.29, 1.82) is 0 Å². The van der Waals surface area contributed by atoms with E-state index in [0.717, 1.165) is 0 Å². The van der Waals surface area contributed by atoms with Crippen LogP contribution < -0.4 is 25.6 Å². The van der Waals surface area contributed by atoms with Gasteiger partial charge in [-0.05, 0) is 123 Å². The second-order valence-corrected chi connectivity index (χ2v) is 21.5. The van der Waals surface area contributed by atoms with Crippen LogP contribution in [0.2, 0.25) is 0 Å². The molecule has 0 saturated carbocycles. The lowest BCUT2D eigenvalue weighted by Crippen LogP contribution is -2.70. The number of benzene rings is 9. The smallest absolute Gasteiger partial charge is 0.182 e. The minimum absolute atomic E-state index is 0.141. The molecule has 0 N–H and O–H groups in total. The van der Waals surface area contributed by atoms with Crippen molar-refractivity contribution in [3.05, 3.63) is 234 Å². The number of anilines is 3. The maximum Gasteiger partial charge on any atom is 0.182 e. The highest BCUT2D eigenvalue weighted by Gasteiger charge is 2.57. The fraction of sp³-hybridized carbons (Fsp3) is 0.0690. The summed E-state index contributed by atoms with van der Waals surface area (Å²) in [4.78, 5) is 2.59. The van der Waals surface area contributed by atoms with Crippen molar-refractivity contribution in [1.82, 2.24) is 0 Å². The molecule has 2 heteroatoms. The van der Waals surface area contributed by atoms with Gasteiger partial charge in [-0.15, -0.1) is 0 Å². The van der Waals surface area contributed by atoms with Crippen LogP contribution in [0.3, 0.4) is 0 Å². The highest BCUT2D eigenvalue weighted by molar-refractivity contribution is 7.24. The molecule has 2 aliphatic carbocycles. The molecule has 280 valence electrons. The Labute approximate surface area is 351 Å². The molecule has 1 nitrogen and oxygen atoms in total. The van der Waals surface area contributed by atoms with E-state index in [1.807, 2.05) is 0 Å². The molecule has 0 amide bonds. The number of fused-ring (bicyclic) bond motifs is 23. The summed E-state index contributed by atoms with van der Waals surface area (Å²) in [5, 5.41) is 6.05. The molecule has 0 unspecified atom stereocenters. The SMILES string of the molecule is CC1(C)c2ccccc2-c2ccc3c(c21)-c1ccc(N2c4ccccc4C4(c5ccccc5-c5ccccc54)c4ccccc42)cc1[Si]31c2ccccc2-c2ccccc21. The van der Waals surface area contributed by atoms with Gasteiger partial charge in [0.15, 0.2) is 8.07 Å². The Morgan fingerprint density at radius 2 is 0.800 bits per heavy atom. The van der Waals surface area contributed by atoms with E-state index in [0.29, 0.717) is 0 Å². The summed E-state index contributed by atoms with van der Waals surface area (Å²) >= 11 is 0. The molecule has 3 heterocycles. The maximum absolute atomic E-state index is 2.79. The zero-order valence-electron chi connectivity index (χ0n) is 33.5. The maximum atomic E-state index is 2.63. The third-order valence-electron chi connectivity index (χ3n) is 15.1. The van der Waals surface area contributed by atoms with Gasteiger partial charge in [0.2, 0.25) is 0 Å². The first-order valence-electron chi connectivity index (χ1n) is 21.4. The van der Waals surface area contributed by atoms with Gasteiger partial charge in [0.05, 0.1) is 16.8 Å². The number of nitrogens with zero attached hydrogens (tertiary/aromatic N) is 1. The van der Waals surface area contributed by atoms with Crippen LogP contribution in [0.5, 0.6) is 0 Å². The Balaban J connectivity index is 1.08. The average Bonchev–Trinajstić information content (AvgIpc) is 3.96. The van der Waals surface area contributed by atoms with Gasteiger partial charge in [-0.3, -0.25) is 0 Å². The highest BCUT2D eigenvalue weighted by Crippen LogP contribution is 2.63. The Morgan fingerprint density at radius 3 is 1.38 bits per heavy atom. The van der Waals surface area contributed by atoms with Crippen LogP contribution in [-0.2, 0) is 10.8 Å². The molecule has 14 rings (SSSR count). The lowest BCUT2D eigenvalue weighted by atomic mass is 9.64. The summed E-state index contributed by atoms with van der Waals surface area (Å²) in [7, 11) is -2.79. The standard InChI is InChI=1S/C58H39NSi/c1-57(2)44-22-8-3-19-39(44)42-33-34-53-55(56(42)57)43-32-31-36(35-54(43)60(53)51-29-15-6-20-40(51)41-21-7-16-30-52(41)60)59-49-27-13-11-25-47(49)58(48-26-12-14-28-50(48)59)45-23-9-4-17-37(45)38-18-5-10-24-46(38)58/h3-35H,1-2H3. The Hall–Kier alpha value is -7.00. The minimum Gasteiger partial charge on any atom is -0.310 e. The van der Waals surface area contributed by atoms with Crippen LogP contribution in [0.4, 0.5) is 17.1 Å². The van der Waals surface area contributed by atoms with Crippen molar-refractivity contribution in [3.63, 3.8) is 0 Å². The summed E-state index contributed by atoms with van der Waals surface area (Å²) in [5.41, 5.74) is 22.4. The van der Waals surface area contributed by atoms with Crippen LogP contribution in [0.25, 0.3) is 44.5 Å². The summed E-state index contributed by atoms with van der Waals surface area (Å²) in [5.74, 6) is 0. The van der Waals surface area contributed by atoms with Gasteiger partial charge >= 0.3 is 0 Å². The van der Waals surface area contributed by atoms with E-state index in [4.69, 9.17) is 0 Å². The molecule has 60 heavy (non-hydrogen) atoms. The van der Waals surface area contributed by atoms with E-state index < -0.39 is 13.5 Å². The molecule has 9 aromatic rings. The number of para-hydroxylation sites is 2. The highest BCUT2D eigenvalue weighted by atomic mass is 28.3. The van der Waals surface area contributed by atoms with E-state index in [2.05, 4.69) is 219 Å². The number of hydrogen-bond acceptors (Lipinski definition) is 1. The third kappa shape index (κ3) is 3.61. The van der Waals surface area contributed by atoms with Gasteiger partial charge in [-0.2, -0.15) is 0 Å². The van der Waals surface area contributed by atoms with Crippen LogP contribution in [0, 0.1) is 0 Å². The zero-order chi connectivity index (χ0) is 39.5. The fourth-order valence-electron chi connectivity index (χ4n) is 13.0. The Kier molecular flexibility index (Phi) is 6.13. The van der Waals surface area contributed by atoms with Gasteiger partial charge in [-0.25, -0.2) is 0 Å². The molecule has 9 aromatic carbocycles. The first-order valence-corrected chi connectivity index (χ1v) is 23.4. The lowest BCUT2D eigenvalue weighted by Gasteiger charge is -2.45. The summed E-state index contributed by atoms with van der Waals surface area (Å²) < 4.78 is 0. The number of hydrogen-bond donors (Lipinski definition) is 0. The molecule has 0 saturated heterocycles. The summed E-state index contributed by atoms with van der Waals surface area (Å²) in [6.07, 6.45) is 0. The van der Waals surface area contributed by atoms with E-state index >= 15 is 0 Å². The van der Waals surface area contributed by atoms with Crippen LogP contribution in [0.1, 0.15) is 47.2 Å². The van der Waals surface area contributed by atoms with Crippen LogP contribution in [0.15, 0.2) is 200 Å². The predicted molar refractivity (Wildman–Crippen MR) is 251 cm³/mol. The van der Waals surface area contributed by atoms with Gasteiger partial charge < -0.3 is 4.90 Å². The van der Waals surface area contributed by atoms with Crippen molar-refractivity contribution < 1.29 is 0 Å². The molecular formula is C58H39NSi. The van der Waals surface area contributed by atoms with Crippen molar-refractivity contribution in [2.45, 2.75) is 24.7 Å². The fourth-order valence-corrected chi connectivity index (χ4v) is 18.6. The second kappa shape index (κ2) is 11.2. The first-order chi connectivity index (χ1) is 29.6. The molecule has 0 atom stereocenters. The molecule has 0 aromatic heterocycles. The van der Waals surface area contributed by atoms with E-state index in [1.54, 1.807) is 0 Å². The monoisotopic (exact) mass is 777 g/mol. The molecule has 3 aliphatic heterocycles. The van der Waals surface area contributed by atoms with Crippen molar-refractivity contribution >= 4 is 45.9 Å². The van der Waals surface area contributed by atoms with Crippen LogP contribution >= 0.6 is 0 Å². The summed E-state index contributed by atoms with van der Waals surface area (Å²) in [6, 6.07) is 77.0. The van der Waals surface area contributed by atoms with E-state index in [9.17, 15) is 0 Å². The third-order valence-corrected chi connectivity index (χ3v) is 20.0. The topological polar surface area (TPSA) is 3.24 Å². The van der Waals surface area contributed by atoms with Gasteiger partial charge in [-0.1, -0.05) is 190 Å². The molecule has 0 radical (unpaired) electrons. The Morgan fingerprint density at radius 1 is 0.350 bits per heavy atom. The largest absolute Gasteiger partial charge is 0.310 e. The van der Waals surface area contributed by atoms with Crippen molar-refractivity contribution in [2.75, 3.05) is 4.90 Å². The van der Waals surface area contributed by atoms with Gasteiger partial charge in [0.25, 0.3) is 0 Å². The minimum atomic E-state index is -2.79. The van der Waals surface area contributed by atoms with Crippen LogP contribution in [-0.4, -0.2) is 8.07 Å². The molecule has 5 aliphatic rings. The zero-order valence-corrected chi connectivity index (χ0v) is 34.5. The molecule has 2 spiro atoms. The predicted octanol–water partition coefficient (Wildman–Crippen LogP) is 11.5. The second-order valence-electron chi connectivity index (χ2n) is 17.9. The van der Waals surface area contributed by atoms with Crippen molar-refractivity contribution in [2.24, 2.45) is 0 Å². The Bertz CT molecular complexity index is 3250. The van der Waals surface area contributed by atoms with Crippen molar-refractivity contribution in [3.8, 4) is 44.5 Å². The molecule has 0 fully saturated rings. The lowest BCUT2D eigenvalue weighted by molar-refractivity contribution is 0.662. The first kappa shape index (κ1) is 32.9. The quantitative estimate of drug-likeness (QED) is 0.150. The normalized spacial score (nSPS) is 16.2. The summed E-state index contributed by atoms with van der Waals surface area (Å²) in [6.45, 7) is 4.90. The number of rotatable bonds is 1. The molecule has 0 bridgehead atoms. The van der Waals surface area contributed by atoms with Gasteiger partial charge in [0.1, 0.15) is 0 Å². The van der Waals surface area contributed by atoms with E-state index in [-0.39, 0.29) is 5.41 Å². The average molecular weight is 778 g/mol. The van der Waals surface area contributed by atoms with E-state index in [1.165, 1.54) is 116 Å². The molecular weight excluding hydrogens is 739 g/mol.